The number of rotatable bonds is 3. The second-order valence-corrected chi connectivity index (χ2v) is 4.58. The van der Waals surface area contributed by atoms with Crippen LogP contribution in [0.15, 0.2) is 57.8 Å². The minimum Gasteiger partial charge on any atom is -0.219 e. The first-order chi connectivity index (χ1) is 8.25. The Morgan fingerprint density at radius 2 is 1.76 bits per heavy atom. The van der Waals surface area contributed by atoms with Crippen molar-refractivity contribution in [1.82, 2.24) is 0 Å². The van der Waals surface area contributed by atoms with E-state index in [0.717, 1.165) is 17.5 Å². The molecule has 86 valence electrons. The standard InChI is InChI=1S/C13H9ClFNS/c14-11-7-5-10(6-8-11)9-16-17-13-4-2-1-3-12(13)15/h1-9H. The molecule has 0 aliphatic carbocycles. The van der Waals surface area contributed by atoms with Crippen molar-refractivity contribution in [3.05, 3.63) is 64.9 Å². The van der Waals surface area contributed by atoms with Crippen LogP contribution < -0.4 is 0 Å². The van der Waals surface area contributed by atoms with E-state index in [-0.39, 0.29) is 5.82 Å². The third kappa shape index (κ3) is 3.58. The van der Waals surface area contributed by atoms with Gasteiger partial charge in [-0.1, -0.05) is 35.9 Å². The molecule has 0 heterocycles. The molecule has 0 saturated carbocycles. The summed E-state index contributed by atoms with van der Waals surface area (Å²) in [5.74, 6) is -0.259. The van der Waals surface area contributed by atoms with Gasteiger partial charge in [-0.2, -0.15) is 0 Å². The van der Waals surface area contributed by atoms with Gasteiger partial charge in [0.1, 0.15) is 5.82 Å². The Labute approximate surface area is 108 Å². The number of halogens is 2. The van der Waals surface area contributed by atoms with E-state index >= 15 is 0 Å². The van der Waals surface area contributed by atoms with Gasteiger partial charge in [-0.05, 0) is 29.8 Å². The van der Waals surface area contributed by atoms with Crippen molar-refractivity contribution in [2.24, 2.45) is 4.40 Å². The molecule has 0 spiro atoms. The highest BCUT2D eigenvalue weighted by atomic mass is 35.5. The smallest absolute Gasteiger partial charge is 0.138 e. The Morgan fingerprint density at radius 3 is 2.47 bits per heavy atom. The van der Waals surface area contributed by atoms with Crippen LogP contribution in [0.4, 0.5) is 4.39 Å². The van der Waals surface area contributed by atoms with Gasteiger partial charge < -0.3 is 0 Å². The Morgan fingerprint density at radius 1 is 1.06 bits per heavy atom. The van der Waals surface area contributed by atoms with Crippen LogP contribution in [-0.4, -0.2) is 6.21 Å². The summed E-state index contributed by atoms with van der Waals surface area (Å²) in [6.45, 7) is 0. The molecule has 0 amide bonds. The van der Waals surface area contributed by atoms with E-state index in [0.29, 0.717) is 9.92 Å². The Balaban J connectivity index is 2.03. The van der Waals surface area contributed by atoms with Gasteiger partial charge in [-0.25, -0.2) is 8.79 Å². The molecule has 0 N–H and O–H groups in total. The van der Waals surface area contributed by atoms with Crippen LogP contribution in [0.3, 0.4) is 0 Å². The molecule has 0 atom stereocenters. The molecule has 2 rings (SSSR count). The lowest BCUT2D eigenvalue weighted by atomic mass is 10.2. The highest BCUT2D eigenvalue weighted by Gasteiger charge is 1.98. The first-order valence-corrected chi connectivity index (χ1v) is 6.11. The summed E-state index contributed by atoms with van der Waals surface area (Å²) in [7, 11) is 0. The van der Waals surface area contributed by atoms with E-state index in [2.05, 4.69) is 4.40 Å². The van der Waals surface area contributed by atoms with E-state index in [1.54, 1.807) is 36.5 Å². The molecule has 2 aromatic carbocycles. The zero-order chi connectivity index (χ0) is 12.1. The summed E-state index contributed by atoms with van der Waals surface area (Å²) >= 11 is 6.87. The van der Waals surface area contributed by atoms with Crippen LogP contribution in [0.5, 0.6) is 0 Å². The molecule has 2 aromatic rings. The van der Waals surface area contributed by atoms with Gasteiger partial charge in [0.15, 0.2) is 0 Å². The summed E-state index contributed by atoms with van der Waals surface area (Å²) in [5, 5.41) is 0.684. The summed E-state index contributed by atoms with van der Waals surface area (Å²) in [4.78, 5) is 0.512. The average Bonchev–Trinajstić information content (AvgIpc) is 2.34. The van der Waals surface area contributed by atoms with Gasteiger partial charge in [-0.3, -0.25) is 0 Å². The van der Waals surface area contributed by atoms with E-state index in [4.69, 9.17) is 11.6 Å². The predicted molar refractivity (Wildman–Crippen MR) is 71.3 cm³/mol. The van der Waals surface area contributed by atoms with Crippen LogP contribution in [0.2, 0.25) is 5.02 Å². The maximum absolute atomic E-state index is 13.3. The molecule has 0 aliphatic rings. The van der Waals surface area contributed by atoms with Crippen molar-refractivity contribution in [2.75, 3.05) is 0 Å². The molecule has 0 saturated heterocycles. The normalized spacial score (nSPS) is 10.9. The molecule has 17 heavy (non-hydrogen) atoms. The molecule has 0 bridgehead atoms. The average molecular weight is 266 g/mol. The minimum absolute atomic E-state index is 0.259. The molecule has 0 unspecified atom stereocenters. The van der Waals surface area contributed by atoms with E-state index in [1.165, 1.54) is 6.07 Å². The number of hydrogen-bond acceptors (Lipinski definition) is 2. The van der Waals surface area contributed by atoms with Crippen molar-refractivity contribution in [3.8, 4) is 0 Å². The van der Waals surface area contributed by atoms with Gasteiger partial charge in [0.25, 0.3) is 0 Å². The molecule has 0 aromatic heterocycles. The van der Waals surface area contributed by atoms with Gasteiger partial charge >= 0.3 is 0 Å². The highest BCUT2D eigenvalue weighted by Crippen LogP contribution is 2.22. The second-order valence-electron chi connectivity index (χ2n) is 3.31. The Kier molecular flexibility index (Phi) is 4.18. The van der Waals surface area contributed by atoms with Crippen LogP contribution in [0, 0.1) is 5.82 Å². The molecule has 0 aliphatic heterocycles. The van der Waals surface area contributed by atoms with Crippen molar-refractivity contribution in [3.63, 3.8) is 0 Å². The molecular weight excluding hydrogens is 257 g/mol. The Hall–Kier alpha value is -1.32. The van der Waals surface area contributed by atoms with Crippen LogP contribution >= 0.6 is 23.5 Å². The molecule has 1 nitrogen and oxygen atoms in total. The third-order valence-electron chi connectivity index (χ3n) is 2.06. The van der Waals surface area contributed by atoms with E-state index in [9.17, 15) is 4.39 Å². The fourth-order valence-electron chi connectivity index (χ4n) is 1.21. The van der Waals surface area contributed by atoms with Gasteiger partial charge in [0.05, 0.1) is 4.90 Å². The lowest BCUT2D eigenvalue weighted by Crippen LogP contribution is -1.80. The summed E-state index contributed by atoms with van der Waals surface area (Å²) in [5.41, 5.74) is 0.929. The monoisotopic (exact) mass is 265 g/mol. The fourth-order valence-corrected chi connectivity index (χ4v) is 1.92. The zero-order valence-electron chi connectivity index (χ0n) is 8.81. The third-order valence-corrected chi connectivity index (χ3v) is 3.05. The lowest BCUT2D eigenvalue weighted by molar-refractivity contribution is 0.602. The fraction of sp³-hybridized carbons (Fsp3) is 0. The first-order valence-electron chi connectivity index (χ1n) is 4.96. The second kappa shape index (κ2) is 5.84. The van der Waals surface area contributed by atoms with Crippen LogP contribution in [0.25, 0.3) is 0 Å². The lowest BCUT2D eigenvalue weighted by Gasteiger charge is -1.96. The largest absolute Gasteiger partial charge is 0.219 e. The predicted octanol–water partition coefficient (Wildman–Crippen LogP) is 4.61. The maximum atomic E-state index is 13.3. The highest BCUT2D eigenvalue weighted by molar-refractivity contribution is 7.98. The van der Waals surface area contributed by atoms with Crippen molar-refractivity contribution < 1.29 is 4.39 Å². The van der Waals surface area contributed by atoms with Crippen molar-refractivity contribution in [2.45, 2.75) is 4.90 Å². The quantitative estimate of drug-likeness (QED) is 0.583. The molecule has 0 fully saturated rings. The van der Waals surface area contributed by atoms with E-state index < -0.39 is 0 Å². The summed E-state index contributed by atoms with van der Waals surface area (Å²) in [6.07, 6.45) is 1.67. The van der Waals surface area contributed by atoms with Crippen LogP contribution in [0.1, 0.15) is 5.56 Å². The molecule has 4 heteroatoms. The molecule has 0 radical (unpaired) electrons. The summed E-state index contributed by atoms with van der Waals surface area (Å²) in [6, 6.07) is 13.8. The maximum Gasteiger partial charge on any atom is 0.138 e. The number of nitrogens with zero attached hydrogens (tertiary/aromatic N) is 1. The van der Waals surface area contributed by atoms with Gasteiger partial charge in [-0.15, -0.1) is 0 Å². The topological polar surface area (TPSA) is 12.4 Å². The van der Waals surface area contributed by atoms with E-state index in [1.807, 2.05) is 12.1 Å². The number of benzene rings is 2. The van der Waals surface area contributed by atoms with Gasteiger partial charge in [0, 0.05) is 23.2 Å². The number of hydrogen-bond donors (Lipinski definition) is 0. The SMILES string of the molecule is Fc1ccccc1SN=Cc1ccc(Cl)cc1. The zero-order valence-corrected chi connectivity index (χ0v) is 10.4. The van der Waals surface area contributed by atoms with Crippen molar-refractivity contribution in [1.29, 1.82) is 0 Å². The van der Waals surface area contributed by atoms with Crippen molar-refractivity contribution >= 4 is 29.8 Å². The van der Waals surface area contributed by atoms with Crippen LogP contribution in [-0.2, 0) is 0 Å². The minimum atomic E-state index is -0.259. The molecular formula is C13H9ClFNS. The first kappa shape index (κ1) is 12.1. The summed E-state index contributed by atoms with van der Waals surface area (Å²) < 4.78 is 17.4. The Bertz CT molecular complexity index is 525. The van der Waals surface area contributed by atoms with Gasteiger partial charge in [0.2, 0.25) is 0 Å².